The molecule has 0 spiro atoms. The average Bonchev–Trinajstić information content (AvgIpc) is 2.39. The Balaban J connectivity index is 2.09. The predicted octanol–water partition coefficient (Wildman–Crippen LogP) is 3.09. The molecule has 106 valence electrons. The number of nitrogens with one attached hydrogen (secondary N) is 1. The van der Waals surface area contributed by atoms with Crippen molar-refractivity contribution >= 4 is 17.4 Å². The van der Waals surface area contributed by atoms with Gasteiger partial charge in [0.15, 0.2) is 11.6 Å². The molecule has 0 amide bonds. The molecule has 0 saturated carbocycles. The third-order valence-electron chi connectivity index (χ3n) is 3.52. The molecular weight excluding hydrogens is 265 g/mol. The summed E-state index contributed by atoms with van der Waals surface area (Å²) in [5.41, 5.74) is 0. The SMILES string of the molecule is CCCN(CC1CCNCC1)c1ncc(Cl)cc1F. The van der Waals surface area contributed by atoms with Crippen LogP contribution >= 0.6 is 11.6 Å². The molecular formula is C14H21ClFN3. The summed E-state index contributed by atoms with van der Waals surface area (Å²) in [4.78, 5) is 6.22. The first kappa shape index (κ1) is 14.5. The van der Waals surface area contributed by atoms with Crippen LogP contribution in [0.25, 0.3) is 0 Å². The van der Waals surface area contributed by atoms with Crippen molar-refractivity contribution in [3.63, 3.8) is 0 Å². The summed E-state index contributed by atoms with van der Waals surface area (Å²) in [6.07, 6.45) is 4.80. The van der Waals surface area contributed by atoms with E-state index < -0.39 is 0 Å². The highest BCUT2D eigenvalue weighted by atomic mass is 35.5. The Morgan fingerprint density at radius 1 is 1.47 bits per heavy atom. The van der Waals surface area contributed by atoms with Crippen LogP contribution in [0.1, 0.15) is 26.2 Å². The van der Waals surface area contributed by atoms with E-state index in [9.17, 15) is 4.39 Å². The number of piperidine rings is 1. The van der Waals surface area contributed by atoms with Gasteiger partial charge in [0.2, 0.25) is 0 Å². The van der Waals surface area contributed by atoms with Gasteiger partial charge in [-0.25, -0.2) is 9.37 Å². The summed E-state index contributed by atoms with van der Waals surface area (Å²) < 4.78 is 14.0. The van der Waals surface area contributed by atoms with Crippen molar-refractivity contribution in [2.24, 2.45) is 5.92 Å². The number of pyridine rings is 1. The minimum absolute atomic E-state index is 0.324. The van der Waals surface area contributed by atoms with E-state index in [-0.39, 0.29) is 5.82 Å². The number of hydrogen-bond acceptors (Lipinski definition) is 3. The van der Waals surface area contributed by atoms with Gasteiger partial charge in [0.05, 0.1) is 5.02 Å². The number of nitrogens with zero attached hydrogens (tertiary/aromatic N) is 2. The maximum atomic E-state index is 14.0. The molecule has 2 rings (SSSR count). The normalized spacial score (nSPS) is 16.6. The molecule has 0 unspecified atom stereocenters. The van der Waals surface area contributed by atoms with E-state index in [0.717, 1.165) is 45.4 Å². The van der Waals surface area contributed by atoms with Crippen molar-refractivity contribution in [1.29, 1.82) is 0 Å². The maximum absolute atomic E-state index is 14.0. The Morgan fingerprint density at radius 3 is 2.84 bits per heavy atom. The van der Waals surface area contributed by atoms with Gasteiger partial charge >= 0.3 is 0 Å². The van der Waals surface area contributed by atoms with Crippen molar-refractivity contribution < 1.29 is 4.39 Å². The summed E-state index contributed by atoms with van der Waals surface area (Å²) in [6, 6.07) is 1.34. The topological polar surface area (TPSA) is 28.2 Å². The molecule has 1 fully saturated rings. The number of halogens is 2. The number of anilines is 1. The van der Waals surface area contributed by atoms with Crippen LogP contribution in [0, 0.1) is 11.7 Å². The highest BCUT2D eigenvalue weighted by Gasteiger charge is 2.19. The van der Waals surface area contributed by atoms with Gasteiger partial charge < -0.3 is 10.2 Å². The van der Waals surface area contributed by atoms with Crippen LogP contribution in [0.15, 0.2) is 12.3 Å². The molecule has 1 aromatic rings. The van der Waals surface area contributed by atoms with E-state index in [4.69, 9.17) is 11.6 Å². The second-order valence-corrected chi connectivity index (χ2v) is 5.53. The van der Waals surface area contributed by atoms with Gasteiger partial charge in [-0.1, -0.05) is 18.5 Å². The predicted molar refractivity (Wildman–Crippen MR) is 77.3 cm³/mol. The van der Waals surface area contributed by atoms with Gasteiger partial charge in [0, 0.05) is 19.3 Å². The summed E-state index contributed by atoms with van der Waals surface area (Å²) >= 11 is 5.76. The van der Waals surface area contributed by atoms with Crippen molar-refractivity contribution in [3.8, 4) is 0 Å². The van der Waals surface area contributed by atoms with E-state index in [1.165, 1.54) is 12.3 Å². The van der Waals surface area contributed by atoms with Gasteiger partial charge in [-0.3, -0.25) is 0 Å². The van der Waals surface area contributed by atoms with Crippen LogP contribution in [-0.2, 0) is 0 Å². The lowest BCUT2D eigenvalue weighted by Gasteiger charge is -2.30. The largest absolute Gasteiger partial charge is 0.354 e. The average molecular weight is 286 g/mol. The molecule has 1 N–H and O–H groups in total. The molecule has 1 saturated heterocycles. The fourth-order valence-corrected chi connectivity index (χ4v) is 2.71. The van der Waals surface area contributed by atoms with E-state index in [1.807, 2.05) is 0 Å². The van der Waals surface area contributed by atoms with E-state index in [0.29, 0.717) is 16.8 Å². The molecule has 5 heteroatoms. The first-order chi connectivity index (χ1) is 9.20. The summed E-state index contributed by atoms with van der Waals surface area (Å²) in [7, 11) is 0. The molecule has 0 bridgehead atoms. The lowest BCUT2D eigenvalue weighted by atomic mass is 9.97. The maximum Gasteiger partial charge on any atom is 0.167 e. The lowest BCUT2D eigenvalue weighted by molar-refractivity contribution is 0.371. The van der Waals surface area contributed by atoms with E-state index in [1.54, 1.807) is 0 Å². The Labute approximate surface area is 119 Å². The quantitative estimate of drug-likeness (QED) is 0.901. The van der Waals surface area contributed by atoms with Crippen LogP contribution in [0.2, 0.25) is 5.02 Å². The third kappa shape index (κ3) is 4.05. The minimum Gasteiger partial charge on any atom is -0.354 e. The number of rotatable bonds is 5. The van der Waals surface area contributed by atoms with Gasteiger partial charge in [0.1, 0.15) is 0 Å². The minimum atomic E-state index is -0.324. The Hall–Kier alpha value is -0.870. The van der Waals surface area contributed by atoms with Crippen LogP contribution in [0.5, 0.6) is 0 Å². The Morgan fingerprint density at radius 2 is 2.21 bits per heavy atom. The number of hydrogen-bond donors (Lipinski definition) is 1. The lowest BCUT2D eigenvalue weighted by Crippen LogP contribution is -2.37. The zero-order valence-electron chi connectivity index (χ0n) is 11.3. The zero-order chi connectivity index (χ0) is 13.7. The van der Waals surface area contributed by atoms with E-state index in [2.05, 4.69) is 22.1 Å². The second kappa shape index (κ2) is 7.06. The molecule has 0 aromatic carbocycles. The first-order valence-electron chi connectivity index (χ1n) is 6.97. The van der Waals surface area contributed by atoms with Crippen LogP contribution in [0.4, 0.5) is 10.2 Å². The van der Waals surface area contributed by atoms with Crippen LogP contribution in [-0.4, -0.2) is 31.2 Å². The number of aromatic nitrogens is 1. The zero-order valence-corrected chi connectivity index (χ0v) is 12.1. The second-order valence-electron chi connectivity index (χ2n) is 5.10. The smallest absolute Gasteiger partial charge is 0.167 e. The van der Waals surface area contributed by atoms with Gasteiger partial charge in [0.25, 0.3) is 0 Å². The Bertz CT molecular complexity index is 408. The molecule has 1 aliphatic heterocycles. The standard InChI is InChI=1S/C14H21ClFN3/c1-2-7-19(10-11-3-5-17-6-4-11)14-13(16)8-12(15)9-18-14/h8-9,11,17H,2-7,10H2,1H3. The highest BCUT2D eigenvalue weighted by Crippen LogP contribution is 2.23. The molecule has 0 radical (unpaired) electrons. The van der Waals surface area contributed by atoms with Crippen molar-refractivity contribution in [2.75, 3.05) is 31.1 Å². The van der Waals surface area contributed by atoms with Crippen molar-refractivity contribution in [3.05, 3.63) is 23.1 Å². The third-order valence-corrected chi connectivity index (χ3v) is 3.73. The van der Waals surface area contributed by atoms with Crippen molar-refractivity contribution in [1.82, 2.24) is 10.3 Å². The van der Waals surface area contributed by atoms with Crippen molar-refractivity contribution in [2.45, 2.75) is 26.2 Å². The van der Waals surface area contributed by atoms with Gasteiger partial charge in [-0.2, -0.15) is 0 Å². The van der Waals surface area contributed by atoms with Gasteiger partial charge in [-0.15, -0.1) is 0 Å². The monoisotopic (exact) mass is 285 g/mol. The molecule has 3 nitrogen and oxygen atoms in total. The molecule has 1 aromatic heterocycles. The highest BCUT2D eigenvalue weighted by molar-refractivity contribution is 6.30. The fourth-order valence-electron chi connectivity index (χ4n) is 2.57. The van der Waals surface area contributed by atoms with Gasteiger partial charge in [-0.05, 0) is 44.3 Å². The van der Waals surface area contributed by atoms with Crippen LogP contribution < -0.4 is 10.2 Å². The van der Waals surface area contributed by atoms with Crippen LogP contribution in [0.3, 0.4) is 0 Å². The summed E-state index contributed by atoms with van der Waals surface area (Å²) in [5.74, 6) is 0.726. The summed E-state index contributed by atoms with van der Waals surface area (Å²) in [6.45, 7) is 5.92. The molecule has 0 atom stereocenters. The molecule has 2 heterocycles. The fraction of sp³-hybridized carbons (Fsp3) is 0.643. The Kier molecular flexibility index (Phi) is 5.40. The summed E-state index contributed by atoms with van der Waals surface area (Å²) in [5, 5.41) is 3.70. The van der Waals surface area contributed by atoms with E-state index >= 15 is 0 Å². The molecule has 0 aliphatic carbocycles. The molecule has 1 aliphatic rings. The first-order valence-corrected chi connectivity index (χ1v) is 7.35. The molecule has 19 heavy (non-hydrogen) atoms.